The zero-order valence-electron chi connectivity index (χ0n) is 10.5. The Morgan fingerprint density at radius 2 is 1.89 bits per heavy atom. The first-order chi connectivity index (χ1) is 9.25. The number of halogens is 1. The Morgan fingerprint density at radius 3 is 2.63 bits per heavy atom. The van der Waals surface area contributed by atoms with Crippen LogP contribution in [0, 0.1) is 0 Å². The van der Waals surface area contributed by atoms with Crippen molar-refractivity contribution in [1.29, 1.82) is 0 Å². The molecule has 1 aromatic carbocycles. The van der Waals surface area contributed by atoms with Gasteiger partial charge in [-0.1, -0.05) is 34.1 Å². The average Bonchev–Trinajstić information content (AvgIpc) is 3.01. The lowest BCUT2D eigenvalue weighted by molar-refractivity contribution is 0.704. The summed E-state index contributed by atoms with van der Waals surface area (Å²) in [6, 6.07) is 8.09. The van der Waals surface area contributed by atoms with E-state index in [-0.39, 0.29) is 0 Å². The second kappa shape index (κ2) is 5.01. The van der Waals surface area contributed by atoms with Crippen LogP contribution in [0.1, 0.15) is 5.82 Å². The van der Waals surface area contributed by atoms with Gasteiger partial charge in [-0.3, -0.25) is 0 Å². The van der Waals surface area contributed by atoms with E-state index in [1.54, 1.807) is 0 Å². The summed E-state index contributed by atoms with van der Waals surface area (Å²) in [5, 5.41) is 0. The van der Waals surface area contributed by atoms with E-state index in [2.05, 4.69) is 36.5 Å². The smallest absolute Gasteiger partial charge is 0.141 e. The van der Waals surface area contributed by atoms with Crippen LogP contribution in [-0.4, -0.2) is 19.1 Å². The SMILES string of the molecule is Cn1ccnc1Cn1ccnc1-c1ccccc1Br. The minimum absolute atomic E-state index is 0.708. The summed E-state index contributed by atoms with van der Waals surface area (Å²) in [5.74, 6) is 1.95. The van der Waals surface area contributed by atoms with Gasteiger partial charge in [-0.05, 0) is 6.07 Å². The first-order valence-electron chi connectivity index (χ1n) is 5.98. The quantitative estimate of drug-likeness (QED) is 0.744. The van der Waals surface area contributed by atoms with Crippen molar-refractivity contribution in [1.82, 2.24) is 19.1 Å². The molecule has 0 spiro atoms. The zero-order valence-corrected chi connectivity index (χ0v) is 12.1. The molecule has 0 bridgehead atoms. The number of imidazole rings is 2. The first kappa shape index (κ1) is 12.2. The number of rotatable bonds is 3. The van der Waals surface area contributed by atoms with Gasteiger partial charge < -0.3 is 9.13 Å². The van der Waals surface area contributed by atoms with Crippen molar-refractivity contribution in [3.05, 3.63) is 59.3 Å². The van der Waals surface area contributed by atoms with Gasteiger partial charge in [0.1, 0.15) is 11.6 Å². The van der Waals surface area contributed by atoms with Gasteiger partial charge in [-0.15, -0.1) is 0 Å². The maximum absolute atomic E-state index is 4.45. The van der Waals surface area contributed by atoms with Crippen LogP contribution in [0.3, 0.4) is 0 Å². The molecular formula is C14H13BrN4. The van der Waals surface area contributed by atoms with Crippen LogP contribution in [0.5, 0.6) is 0 Å². The minimum atomic E-state index is 0.708. The molecule has 0 aliphatic carbocycles. The molecule has 0 aliphatic rings. The Bertz CT molecular complexity index is 699. The highest BCUT2D eigenvalue weighted by atomic mass is 79.9. The Morgan fingerprint density at radius 1 is 1.11 bits per heavy atom. The summed E-state index contributed by atoms with van der Waals surface area (Å²) < 4.78 is 5.16. The second-order valence-corrected chi connectivity index (χ2v) is 5.17. The van der Waals surface area contributed by atoms with Gasteiger partial charge in [0.15, 0.2) is 0 Å². The molecule has 0 fully saturated rings. The van der Waals surface area contributed by atoms with Crippen molar-refractivity contribution in [2.24, 2.45) is 7.05 Å². The summed E-state index contributed by atoms with van der Waals surface area (Å²) in [6.07, 6.45) is 7.55. The van der Waals surface area contributed by atoms with Crippen LogP contribution >= 0.6 is 15.9 Å². The highest BCUT2D eigenvalue weighted by Crippen LogP contribution is 2.26. The summed E-state index contributed by atoms with van der Waals surface area (Å²) in [5.41, 5.74) is 1.08. The standard InChI is InChI=1S/C14H13BrN4/c1-18-8-6-16-13(18)10-19-9-7-17-14(19)11-4-2-3-5-12(11)15/h2-9H,10H2,1H3. The molecule has 3 aromatic rings. The number of aryl methyl sites for hydroxylation is 1. The Balaban J connectivity index is 2.00. The van der Waals surface area contributed by atoms with Crippen molar-refractivity contribution in [2.45, 2.75) is 6.54 Å². The molecular weight excluding hydrogens is 304 g/mol. The molecule has 0 amide bonds. The molecule has 19 heavy (non-hydrogen) atoms. The molecule has 4 nitrogen and oxygen atoms in total. The van der Waals surface area contributed by atoms with Crippen molar-refractivity contribution < 1.29 is 0 Å². The number of hydrogen-bond donors (Lipinski definition) is 0. The molecule has 0 radical (unpaired) electrons. The highest BCUT2D eigenvalue weighted by molar-refractivity contribution is 9.10. The number of aromatic nitrogens is 4. The predicted molar refractivity (Wildman–Crippen MR) is 77.7 cm³/mol. The number of nitrogens with zero attached hydrogens (tertiary/aromatic N) is 4. The summed E-state index contributed by atoms with van der Waals surface area (Å²) in [6.45, 7) is 0.708. The largest absolute Gasteiger partial charge is 0.337 e. The Labute approximate surface area is 119 Å². The molecule has 0 saturated heterocycles. The summed E-state index contributed by atoms with van der Waals surface area (Å²) in [4.78, 5) is 8.80. The van der Waals surface area contributed by atoms with E-state index in [1.807, 2.05) is 54.6 Å². The van der Waals surface area contributed by atoms with Gasteiger partial charge in [-0.25, -0.2) is 9.97 Å². The highest BCUT2D eigenvalue weighted by Gasteiger charge is 2.10. The van der Waals surface area contributed by atoms with Crippen molar-refractivity contribution in [3.8, 4) is 11.4 Å². The third kappa shape index (κ3) is 2.33. The van der Waals surface area contributed by atoms with E-state index >= 15 is 0 Å². The van der Waals surface area contributed by atoms with Crippen LogP contribution in [0.15, 0.2) is 53.5 Å². The van der Waals surface area contributed by atoms with Crippen LogP contribution in [0.25, 0.3) is 11.4 Å². The van der Waals surface area contributed by atoms with Gasteiger partial charge >= 0.3 is 0 Å². The van der Waals surface area contributed by atoms with Gasteiger partial charge in [-0.2, -0.15) is 0 Å². The van der Waals surface area contributed by atoms with Gasteiger partial charge in [0, 0.05) is 41.9 Å². The fourth-order valence-corrected chi connectivity index (χ4v) is 2.49. The number of hydrogen-bond acceptors (Lipinski definition) is 2. The molecule has 0 aliphatic heterocycles. The molecule has 0 atom stereocenters. The van der Waals surface area contributed by atoms with E-state index in [0.717, 1.165) is 21.7 Å². The zero-order chi connectivity index (χ0) is 13.2. The molecule has 5 heteroatoms. The number of benzene rings is 1. The topological polar surface area (TPSA) is 35.6 Å². The van der Waals surface area contributed by atoms with E-state index in [0.29, 0.717) is 6.54 Å². The normalized spacial score (nSPS) is 10.8. The van der Waals surface area contributed by atoms with E-state index < -0.39 is 0 Å². The molecule has 2 aromatic heterocycles. The monoisotopic (exact) mass is 316 g/mol. The minimum Gasteiger partial charge on any atom is -0.337 e. The van der Waals surface area contributed by atoms with Crippen LogP contribution in [0.4, 0.5) is 0 Å². The fourth-order valence-electron chi connectivity index (χ4n) is 2.02. The second-order valence-electron chi connectivity index (χ2n) is 4.31. The summed E-state index contributed by atoms with van der Waals surface area (Å²) in [7, 11) is 2.00. The first-order valence-corrected chi connectivity index (χ1v) is 6.77. The van der Waals surface area contributed by atoms with E-state index in [4.69, 9.17) is 0 Å². The fraction of sp³-hybridized carbons (Fsp3) is 0.143. The summed E-state index contributed by atoms with van der Waals surface area (Å²) >= 11 is 3.57. The van der Waals surface area contributed by atoms with Crippen molar-refractivity contribution in [3.63, 3.8) is 0 Å². The maximum atomic E-state index is 4.45. The lowest BCUT2D eigenvalue weighted by Crippen LogP contribution is -2.06. The predicted octanol–water partition coefficient (Wildman–Crippen LogP) is 3.09. The molecule has 96 valence electrons. The third-order valence-electron chi connectivity index (χ3n) is 3.06. The van der Waals surface area contributed by atoms with Crippen LogP contribution < -0.4 is 0 Å². The van der Waals surface area contributed by atoms with Crippen LogP contribution in [-0.2, 0) is 13.6 Å². The average molecular weight is 317 g/mol. The van der Waals surface area contributed by atoms with Crippen LogP contribution in [0.2, 0.25) is 0 Å². The Kier molecular flexibility index (Phi) is 3.21. The lowest BCUT2D eigenvalue weighted by atomic mass is 10.2. The van der Waals surface area contributed by atoms with Gasteiger partial charge in [0.25, 0.3) is 0 Å². The van der Waals surface area contributed by atoms with Gasteiger partial charge in [0.05, 0.1) is 6.54 Å². The van der Waals surface area contributed by atoms with E-state index in [1.165, 1.54) is 0 Å². The Hall–Kier alpha value is -1.88. The van der Waals surface area contributed by atoms with Crippen molar-refractivity contribution in [2.75, 3.05) is 0 Å². The van der Waals surface area contributed by atoms with Crippen molar-refractivity contribution >= 4 is 15.9 Å². The molecule has 0 unspecified atom stereocenters. The molecule has 2 heterocycles. The van der Waals surface area contributed by atoms with Gasteiger partial charge in [0.2, 0.25) is 0 Å². The molecule has 3 rings (SSSR count). The molecule has 0 N–H and O–H groups in total. The molecule has 0 saturated carbocycles. The third-order valence-corrected chi connectivity index (χ3v) is 3.75. The maximum Gasteiger partial charge on any atom is 0.141 e. The van der Waals surface area contributed by atoms with E-state index in [9.17, 15) is 0 Å². The lowest BCUT2D eigenvalue weighted by Gasteiger charge is -2.09.